The van der Waals surface area contributed by atoms with Crippen LogP contribution in [0.4, 0.5) is 23.2 Å². The van der Waals surface area contributed by atoms with E-state index in [1.165, 1.54) is 12.1 Å². The zero-order valence-corrected chi connectivity index (χ0v) is 12.1. The summed E-state index contributed by atoms with van der Waals surface area (Å²) in [6.45, 7) is 0. The molecule has 0 amide bonds. The van der Waals surface area contributed by atoms with Crippen LogP contribution in [0, 0.1) is 17.1 Å². The minimum Gasteiger partial charge on any atom is -0.508 e. The fourth-order valence-corrected chi connectivity index (χ4v) is 2.07. The van der Waals surface area contributed by atoms with Crippen molar-refractivity contribution in [3.63, 3.8) is 0 Å². The van der Waals surface area contributed by atoms with E-state index in [2.05, 4.69) is 5.32 Å². The van der Waals surface area contributed by atoms with Gasteiger partial charge in [-0.2, -0.15) is 18.4 Å². The van der Waals surface area contributed by atoms with Gasteiger partial charge in [0.25, 0.3) is 0 Å². The van der Waals surface area contributed by atoms with Gasteiger partial charge in [-0.15, -0.1) is 0 Å². The summed E-state index contributed by atoms with van der Waals surface area (Å²) in [7, 11) is 0. The molecule has 0 bridgehead atoms. The molecule has 0 spiro atoms. The summed E-state index contributed by atoms with van der Waals surface area (Å²) in [5, 5.41) is 21.3. The largest absolute Gasteiger partial charge is 0.508 e. The van der Waals surface area contributed by atoms with Gasteiger partial charge in [0, 0.05) is 11.3 Å². The van der Waals surface area contributed by atoms with Crippen LogP contribution in [0.5, 0.6) is 5.75 Å². The van der Waals surface area contributed by atoms with Crippen LogP contribution in [-0.2, 0) is 6.18 Å². The van der Waals surface area contributed by atoms with Crippen molar-refractivity contribution < 1.29 is 22.7 Å². The average molecular weight is 345 g/mol. The summed E-state index contributed by atoms with van der Waals surface area (Å²) < 4.78 is 51.3. The minimum atomic E-state index is -4.61. The van der Waals surface area contributed by atoms with E-state index in [-0.39, 0.29) is 16.3 Å². The summed E-state index contributed by atoms with van der Waals surface area (Å²) in [5.74, 6) is -1.14. The van der Waals surface area contributed by atoms with Gasteiger partial charge < -0.3 is 10.4 Å². The second-order valence-corrected chi connectivity index (χ2v) is 5.01. The number of nitrogens with one attached hydrogen (secondary N) is 1. The van der Waals surface area contributed by atoms with Gasteiger partial charge in [0.1, 0.15) is 17.6 Å². The lowest BCUT2D eigenvalue weighted by Gasteiger charge is -2.17. The Morgan fingerprint density at radius 1 is 1.17 bits per heavy atom. The van der Waals surface area contributed by atoms with E-state index in [1.54, 1.807) is 6.07 Å². The zero-order valence-electron chi connectivity index (χ0n) is 11.3. The fourth-order valence-electron chi connectivity index (χ4n) is 1.89. The second-order valence-electron chi connectivity index (χ2n) is 4.61. The number of phenolic OH excluding ortho intramolecular Hbond substituents is 1. The van der Waals surface area contributed by atoms with Crippen molar-refractivity contribution in [1.82, 2.24) is 0 Å². The van der Waals surface area contributed by atoms with Crippen molar-refractivity contribution in [3.05, 3.63) is 58.4 Å². The van der Waals surface area contributed by atoms with E-state index in [0.717, 1.165) is 12.1 Å². The third kappa shape index (κ3) is 3.85. The van der Waals surface area contributed by atoms with Crippen molar-refractivity contribution >= 4 is 17.3 Å². The van der Waals surface area contributed by atoms with Crippen LogP contribution in [0.15, 0.2) is 36.4 Å². The molecule has 3 nitrogen and oxygen atoms in total. The molecular weight excluding hydrogens is 336 g/mol. The smallest absolute Gasteiger partial charge is 0.416 e. The maximum Gasteiger partial charge on any atom is 0.416 e. The molecule has 1 atom stereocenters. The van der Waals surface area contributed by atoms with E-state index in [1.807, 2.05) is 0 Å². The highest BCUT2D eigenvalue weighted by Gasteiger charge is 2.32. The zero-order chi connectivity index (χ0) is 17.2. The van der Waals surface area contributed by atoms with Gasteiger partial charge in [0.15, 0.2) is 0 Å². The first-order valence-electron chi connectivity index (χ1n) is 6.23. The predicted octanol–water partition coefficient (Wildman–Crippen LogP) is 4.88. The standard InChI is InChI=1S/C15H9ClF4N2O/c16-11-6-9(2-3-12(11)17)22-13(7-21)10-5-8(15(18,19)20)1-4-14(10)23/h1-6,13,22-23H. The van der Waals surface area contributed by atoms with E-state index >= 15 is 0 Å². The molecule has 0 saturated carbocycles. The second kappa shape index (κ2) is 6.34. The summed E-state index contributed by atoms with van der Waals surface area (Å²) in [6.07, 6.45) is -4.61. The third-order valence-corrected chi connectivity index (χ3v) is 3.32. The SMILES string of the molecule is N#CC(Nc1ccc(F)c(Cl)c1)c1cc(C(F)(F)F)ccc1O. The first-order chi connectivity index (χ1) is 10.7. The Morgan fingerprint density at radius 3 is 2.43 bits per heavy atom. The Hall–Kier alpha value is -2.46. The van der Waals surface area contributed by atoms with Gasteiger partial charge in [-0.25, -0.2) is 4.39 Å². The third-order valence-electron chi connectivity index (χ3n) is 3.03. The lowest BCUT2D eigenvalue weighted by Crippen LogP contribution is -2.11. The van der Waals surface area contributed by atoms with Gasteiger partial charge >= 0.3 is 6.18 Å². The summed E-state index contributed by atoms with van der Waals surface area (Å²) in [4.78, 5) is 0. The molecule has 0 aliphatic heterocycles. The Morgan fingerprint density at radius 2 is 1.87 bits per heavy atom. The van der Waals surface area contributed by atoms with Crippen LogP contribution in [0.3, 0.4) is 0 Å². The van der Waals surface area contributed by atoms with E-state index in [9.17, 15) is 27.9 Å². The molecule has 0 aromatic heterocycles. The van der Waals surface area contributed by atoms with Crippen LogP contribution in [0.2, 0.25) is 5.02 Å². The lowest BCUT2D eigenvalue weighted by molar-refractivity contribution is -0.137. The number of nitrogens with zero attached hydrogens (tertiary/aromatic N) is 1. The first-order valence-corrected chi connectivity index (χ1v) is 6.61. The van der Waals surface area contributed by atoms with Gasteiger partial charge in [0.2, 0.25) is 0 Å². The number of hydrogen-bond donors (Lipinski definition) is 2. The molecule has 0 radical (unpaired) electrons. The number of nitriles is 1. The molecular formula is C15H9ClF4N2O. The highest BCUT2D eigenvalue weighted by Crippen LogP contribution is 2.35. The fraction of sp³-hybridized carbons (Fsp3) is 0.133. The monoisotopic (exact) mass is 344 g/mol. The van der Waals surface area contributed by atoms with Crippen molar-refractivity contribution in [2.75, 3.05) is 5.32 Å². The molecule has 2 rings (SSSR count). The number of hydrogen-bond acceptors (Lipinski definition) is 3. The maximum atomic E-state index is 13.1. The molecule has 23 heavy (non-hydrogen) atoms. The average Bonchev–Trinajstić information content (AvgIpc) is 2.48. The van der Waals surface area contributed by atoms with Crippen LogP contribution < -0.4 is 5.32 Å². The maximum absolute atomic E-state index is 13.1. The van der Waals surface area contributed by atoms with Crippen LogP contribution in [0.1, 0.15) is 17.2 Å². The molecule has 0 fully saturated rings. The Bertz CT molecular complexity index is 771. The number of rotatable bonds is 3. The molecule has 2 N–H and O–H groups in total. The van der Waals surface area contributed by atoms with Crippen molar-refractivity contribution in [3.8, 4) is 11.8 Å². The minimum absolute atomic E-state index is 0.208. The Kier molecular flexibility index (Phi) is 4.66. The molecule has 0 aliphatic rings. The topological polar surface area (TPSA) is 56.0 Å². The molecule has 120 valence electrons. The number of aromatic hydroxyl groups is 1. The number of halogens is 5. The summed E-state index contributed by atoms with van der Waals surface area (Å²) >= 11 is 5.61. The van der Waals surface area contributed by atoms with Crippen molar-refractivity contribution in [1.29, 1.82) is 5.26 Å². The molecule has 0 heterocycles. The van der Waals surface area contributed by atoms with Crippen molar-refractivity contribution in [2.45, 2.75) is 12.2 Å². The number of anilines is 1. The predicted molar refractivity (Wildman–Crippen MR) is 76.5 cm³/mol. The quantitative estimate of drug-likeness (QED) is 0.780. The van der Waals surface area contributed by atoms with E-state index < -0.39 is 29.3 Å². The molecule has 0 saturated heterocycles. The first kappa shape index (κ1) is 16.9. The lowest BCUT2D eigenvalue weighted by atomic mass is 10.0. The van der Waals surface area contributed by atoms with Gasteiger partial charge in [-0.3, -0.25) is 0 Å². The van der Waals surface area contributed by atoms with E-state index in [0.29, 0.717) is 12.1 Å². The van der Waals surface area contributed by atoms with Gasteiger partial charge in [-0.05, 0) is 36.4 Å². The van der Waals surface area contributed by atoms with Crippen LogP contribution >= 0.6 is 11.6 Å². The highest BCUT2D eigenvalue weighted by molar-refractivity contribution is 6.31. The normalized spacial score (nSPS) is 12.5. The Labute approximate surface area is 133 Å². The highest BCUT2D eigenvalue weighted by atomic mass is 35.5. The van der Waals surface area contributed by atoms with Crippen molar-refractivity contribution in [2.24, 2.45) is 0 Å². The van der Waals surface area contributed by atoms with E-state index in [4.69, 9.17) is 11.6 Å². The number of benzene rings is 2. The van der Waals surface area contributed by atoms with Gasteiger partial charge in [0.05, 0.1) is 16.7 Å². The van der Waals surface area contributed by atoms with Crippen LogP contribution in [-0.4, -0.2) is 5.11 Å². The van der Waals surface area contributed by atoms with Crippen LogP contribution in [0.25, 0.3) is 0 Å². The number of phenols is 1. The summed E-state index contributed by atoms with van der Waals surface area (Å²) in [5.41, 5.74) is -1.02. The Balaban J connectivity index is 2.37. The molecule has 8 heteroatoms. The number of alkyl halides is 3. The molecule has 2 aromatic carbocycles. The molecule has 2 aromatic rings. The van der Waals surface area contributed by atoms with Gasteiger partial charge in [-0.1, -0.05) is 11.6 Å². The molecule has 1 unspecified atom stereocenters. The molecule has 0 aliphatic carbocycles. The summed E-state index contributed by atoms with van der Waals surface area (Å²) in [6, 6.07) is 6.23.